The van der Waals surface area contributed by atoms with Gasteiger partial charge in [0, 0.05) is 18.8 Å². The molecule has 0 radical (unpaired) electrons. The lowest BCUT2D eigenvalue weighted by Crippen LogP contribution is -2.36. The zero-order valence-electron chi connectivity index (χ0n) is 11.8. The number of nitrogens with one attached hydrogen (secondary N) is 2. The summed E-state index contributed by atoms with van der Waals surface area (Å²) in [4.78, 5) is 15.8. The van der Waals surface area contributed by atoms with Crippen LogP contribution in [0.1, 0.15) is 13.3 Å². The Hall–Kier alpha value is -1.83. The van der Waals surface area contributed by atoms with Crippen molar-refractivity contribution in [3.8, 4) is 5.82 Å². The minimum atomic E-state index is -0.379. The fourth-order valence-electron chi connectivity index (χ4n) is 1.74. The number of pyridine rings is 1. The van der Waals surface area contributed by atoms with Crippen molar-refractivity contribution in [2.24, 2.45) is 0 Å². The maximum atomic E-state index is 11.8. The van der Waals surface area contributed by atoms with Crippen molar-refractivity contribution in [2.75, 3.05) is 11.9 Å². The minimum absolute atomic E-state index is 0.0140. The second-order valence-corrected chi connectivity index (χ2v) is 5.49. The van der Waals surface area contributed by atoms with Crippen LogP contribution in [0.4, 0.5) is 10.5 Å². The molecule has 22 heavy (non-hydrogen) atoms. The topological polar surface area (TPSA) is 92.1 Å². The van der Waals surface area contributed by atoms with Crippen LogP contribution in [0, 0.1) is 0 Å². The molecular formula is C13H15Cl2N5O2. The first-order chi connectivity index (χ1) is 10.5. The van der Waals surface area contributed by atoms with Crippen molar-refractivity contribution in [3.05, 3.63) is 34.7 Å². The van der Waals surface area contributed by atoms with Crippen LogP contribution in [0.5, 0.6) is 0 Å². The van der Waals surface area contributed by atoms with Crippen molar-refractivity contribution in [2.45, 2.75) is 19.4 Å². The van der Waals surface area contributed by atoms with Crippen LogP contribution in [0.3, 0.4) is 0 Å². The highest BCUT2D eigenvalue weighted by Crippen LogP contribution is 2.22. The summed E-state index contributed by atoms with van der Waals surface area (Å²) >= 11 is 11.8. The molecule has 3 N–H and O–H groups in total. The van der Waals surface area contributed by atoms with Crippen molar-refractivity contribution in [3.63, 3.8) is 0 Å². The van der Waals surface area contributed by atoms with E-state index in [1.165, 1.54) is 17.1 Å². The molecule has 0 aliphatic carbocycles. The maximum absolute atomic E-state index is 11.8. The predicted octanol–water partition coefficient (Wildman–Crippen LogP) is 2.47. The Morgan fingerprint density at radius 2 is 2.23 bits per heavy atom. The lowest BCUT2D eigenvalue weighted by atomic mass is 10.2. The average Bonchev–Trinajstić information content (AvgIpc) is 2.86. The van der Waals surface area contributed by atoms with E-state index in [1.807, 2.05) is 0 Å². The third kappa shape index (κ3) is 4.33. The molecule has 7 nitrogen and oxygen atoms in total. The Morgan fingerprint density at radius 3 is 2.91 bits per heavy atom. The monoisotopic (exact) mass is 343 g/mol. The van der Waals surface area contributed by atoms with Crippen molar-refractivity contribution >= 4 is 34.9 Å². The molecule has 118 valence electrons. The van der Waals surface area contributed by atoms with Gasteiger partial charge in [0.15, 0.2) is 5.82 Å². The third-order valence-corrected chi connectivity index (χ3v) is 3.27. The van der Waals surface area contributed by atoms with Gasteiger partial charge >= 0.3 is 6.03 Å². The zero-order valence-corrected chi connectivity index (χ0v) is 13.3. The zero-order chi connectivity index (χ0) is 16.1. The first-order valence-corrected chi connectivity index (χ1v) is 7.29. The largest absolute Gasteiger partial charge is 0.396 e. The van der Waals surface area contributed by atoms with Gasteiger partial charge in [-0.3, -0.25) is 0 Å². The Morgan fingerprint density at radius 1 is 1.45 bits per heavy atom. The van der Waals surface area contributed by atoms with Crippen molar-refractivity contribution in [1.29, 1.82) is 0 Å². The molecule has 0 aliphatic rings. The van der Waals surface area contributed by atoms with Gasteiger partial charge in [-0.05, 0) is 19.4 Å². The van der Waals surface area contributed by atoms with Crippen LogP contribution in [0.25, 0.3) is 5.82 Å². The van der Waals surface area contributed by atoms with Gasteiger partial charge in [0.25, 0.3) is 0 Å². The molecule has 2 amide bonds. The van der Waals surface area contributed by atoms with E-state index in [0.717, 1.165) is 0 Å². The van der Waals surface area contributed by atoms with Crippen molar-refractivity contribution < 1.29 is 9.90 Å². The first kappa shape index (κ1) is 16.5. The van der Waals surface area contributed by atoms with Gasteiger partial charge in [0.1, 0.15) is 0 Å². The van der Waals surface area contributed by atoms with Crippen LogP contribution in [-0.4, -0.2) is 38.6 Å². The quantitative estimate of drug-likeness (QED) is 0.777. The number of anilines is 1. The lowest BCUT2D eigenvalue weighted by Gasteiger charge is -2.12. The normalized spacial score (nSPS) is 12.0. The standard InChI is InChI=1S/C13H15Cl2N5O2/c1-8(2-3-21)18-13(22)19-10-6-17-20(7-10)12-11(15)4-9(14)5-16-12/h4-8,21H,2-3H2,1H3,(H2,18,19,22)/t8-/m1/s1. The van der Waals surface area contributed by atoms with Crippen LogP contribution in [0.2, 0.25) is 10.0 Å². The predicted molar refractivity (Wildman–Crippen MR) is 84.7 cm³/mol. The molecular weight excluding hydrogens is 329 g/mol. The van der Waals surface area contributed by atoms with Gasteiger partial charge in [-0.25, -0.2) is 14.5 Å². The van der Waals surface area contributed by atoms with Gasteiger partial charge in [-0.2, -0.15) is 5.10 Å². The number of halogens is 2. The smallest absolute Gasteiger partial charge is 0.319 e. The highest BCUT2D eigenvalue weighted by atomic mass is 35.5. The number of rotatable bonds is 5. The molecule has 1 atom stereocenters. The molecule has 0 saturated heterocycles. The highest BCUT2D eigenvalue weighted by Gasteiger charge is 2.10. The van der Waals surface area contributed by atoms with E-state index in [0.29, 0.717) is 28.0 Å². The number of nitrogens with zero attached hydrogens (tertiary/aromatic N) is 3. The van der Waals surface area contributed by atoms with E-state index < -0.39 is 0 Å². The van der Waals surface area contributed by atoms with Crippen LogP contribution in [0.15, 0.2) is 24.7 Å². The van der Waals surface area contributed by atoms with Gasteiger partial charge in [-0.15, -0.1) is 0 Å². The molecule has 0 bridgehead atoms. The summed E-state index contributed by atoms with van der Waals surface area (Å²) in [6.07, 6.45) is 5.00. The molecule has 0 aliphatic heterocycles. The summed E-state index contributed by atoms with van der Waals surface area (Å²) in [6.45, 7) is 1.82. The molecule has 0 aromatic carbocycles. The Kier molecular flexibility index (Phi) is 5.59. The molecule has 2 aromatic rings. The third-order valence-electron chi connectivity index (χ3n) is 2.79. The van der Waals surface area contributed by atoms with Crippen LogP contribution in [-0.2, 0) is 0 Å². The van der Waals surface area contributed by atoms with E-state index in [4.69, 9.17) is 28.3 Å². The average molecular weight is 344 g/mol. The summed E-state index contributed by atoms with van der Waals surface area (Å²) < 4.78 is 1.44. The number of carbonyl (C=O) groups excluding carboxylic acids is 1. The van der Waals surface area contributed by atoms with E-state index in [1.54, 1.807) is 19.2 Å². The summed E-state index contributed by atoms with van der Waals surface area (Å²) in [5.41, 5.74) is 0.488. The minimum Gasteiger partial charge on any atom is -0.396 e. The SMILES string of the molecule is C[C@H](CCO)NC(=O)Nc1cnn(-c2ncc(Cl)cc2Cl)c1. The number of hydrogen-bond acceptors (Lipinski definition) is 4. The summed E-state index contributed by atoms with van der Waals surface area (Å²) in [5, 5.41) is 19.0. The van der Waals surface area contributed by atoms with Crippen LogP contribution < -0.4 is 10.6 Å². The Labute approximate surface area is 137 Å². The van der Waals surface area contributed by atoms with Crippen molar-refractivity contribution in [1.82, 2.24) is 20.1 Å². The molecule has 0 fully saturated rings. The fraction of sp³-hybridized carbons (Fsp3) is 0.308. The molecule has 0 spiro atoms. The van der Waals surface area contributed by atoms with Gasteiger partial charge < -0.3 is 15.7 Å². The van der Waals surface area contributed by atoms with Crippen LogP contribution >= 0.6 is 23.2 Å². The number of aliphatic hydroxyl groups excluding tert-OH is 1. The number of hydrogen-bond donors (Lipinski definition) is 3. The second-order valence-electron chi connectivity index (χ2n) is 4.64. The maximum Gasteiger partial charge on any atom is 0.319 e. The Bertz CT molecular complexity index is 662. The van der Waals surface area contributed by atoms with E-state index >= 15 is 0 Å². The first-order valence-electron chi connectivity index (χ1n) is 6.54. The summed E-state index contributed by atoms with van der Waals surface area (Å²) in [6, 6.07) is 1.05. The Balaban J connectivity index is 2.04. The highest BCUT2D eigenvalue weighted by molar-refractivity contribution is 6.35. The fourth-order valence-corrected chi connectivity index (χ4v) is 2.20. The number of urea groups is 1. The molecule has 2 aromatic heterocycles. The second kappa shape index (κ2) is 7.44. The molecule has 0 saturated carbocycles. The summed E-state index contributed by atoms with van der Waals surface area (Å²) in [7, 11) is 0. The van der Waals surface area contributed by atoms with Gasteiger partial charge in [-0.1, -0.05) is 23.2 Å². The number of aliphatic hydroxyl groups is 1. The number of aromatic nitrogens is 3. The molecule has 2 heterocycles. The molecule has 9 heteroatoms. The van der Waals surface area contributed by atoms with E-state index in [-0.39, 0.29) is 18.7 Å². The molecule has 0 unspecified atom stereocenters. The van der Waals surface area contributed by atoms with E-state index in [9.17, 15) is 4.79 Å². The summed E-state index contributed by atoms with van der Waals surface area (Å²) in [5.74, 6) is 0.410. The number of amides is 2. The van der Waals surface area contributed by atoms with Gasteiger partial charge in [0.05, 0.1) is 28.1 Å². The lowest BCUT2D eigenvalue weighted by molar-refractivity contribution is 0.241. The number of carbonyl (C=O) groups is 1. The molecule has 2 rings (SSSR count). The van der Waals surface area contributed by atoms with E-state index in [2.05, 4.69) is 20.7 Å². The van der Waals surface area contributed by atoms with Gasteiger partial charge in [0.2, 0.25) is 0 Å².